The molecule has 1 N–H and O–H groups in total. The Kier molecular flexibility index (Phi) is 2.66. The Labute approximate surface area is 95.6 Å². The van der Waals surface area contributed by atoms with Crippen LogP contribution in [-0.2, 0) is 6.42 Å². The van der Waals surface area contributed by atoms with Gasteiger partial charge in [0, 0.05) is 24.4 Å². The first-order valence-electron chi connectivity index (χ1n) is 6.13. The lowest BCUT2D eigenvalue weighted by Gasteiger charge is -2.26. The smallest absolute Gasteiger partial charge is 0.134 e. The zero-order valence-electron chi connectivity index (χ0n) is 9.41. The van der Waals surface area contributed by atoms with Crippen molar-refractivity contribution in [2.24, 2.45) is 0 Å². The van der Waals surface area contributed by atoms with Gasteiger partial charge in [0.05, 0.1) is 0 Å². The van der Waals surface area contributed by atoms with E-state index in [9.17, 15) is 0 Å². The Morgan fingerprint density at radius 2 is 2.12 bits per heavy atom. The Balaban J connectivity index is 1.60. The van der Waals surface area contributed by atoms with Crippen LogP contribution in [0.2, 0.25) is 0 Å². The number of hydrogen-bond donors (Lipinski definition) is 1. The van der Waals surface area contributed by atoms with E-state index >= 15 is 0 Å². The van der Waals surface area contributed by atoms with Gasteiger partial charge in [-0.2, -0.15) is 0 Å². The summed E-state index contributed by atoms with van der Waals surface area (Å²) >= 11 is 0. The molecule has 2 aromatic rings. The summed E-state index contributed by atoms with van der Waals surface area (Å²) in [6.07, 6.45) is 5.08. The molecule has 0 aliphatic heterocycles. The molecule has 1 aromatic heterocycles. The highest BCUT2D eigenvalue weighted by Crippen LogP contribution is 2.20. The van der Waals surface area contributed by atoms with Crippen molar-refractivity contribution < 1.29 is 4.42 Å². The summed E-state index contributed by atoms with van der Waals surface area (Å²) in [6, 6.07) is 11.1. The molecule has 2 heteroatoms. The van der Waals surface area contributed by atoms with Gasteiger partial charge in [-0.3, -0.25) is 0 Å². The number of furan rings is 1. The van der Waals surface area contributed by atoms with Gasteiger partial charge >= 0.3 is 0 Å². The summed E-state index contributed by atoms with van der Waals surface area (Å²) in [5, 5.41) is 4.76. The van der Waals surface area contributed by atoms with Crippen LogP contribution >= 0.6 is 0 Å². The number of rotatable bonds is 4. The molecule has 0 amide bonds. The van der Waals surface area contributed by atoms with Crippen molar-refractivity contribution in [3.8, 4) is 0 Å². The predicted octanol–water partition coefficient (Wildman–Crippen LogP) is 3.12. The fourth-order valence-electron chi connectivity index (χ4n) is 2.17. The van der Waals surface area contributed by atoms with Crippen LogP contribution in [0.3, 0.4) is 0 Å². The highest BCUT2D eigenvalue weighted by molar-refractivity contribution is 5.77. The largest absolute Gasteiger partial charge is 0.461 e. The zero-order valence-corrected chi connectivity index (χ0v) is 9.41. The molecular weight excluding hydrogens is 198 g/mol. The highest BCUT2D eigenvalue weighted by atomic mass is 16.3. The molecule has 0 radical (unpaired) electrons. The van der Waals surface area contributed by atoms with Gasteiger partial charge in [0.25, 0.3) is 0 Å². The molecule has 3 rings (SSSR count). The molecule has 1 aromatic carbocycles. The van der Waals surface area contributed by atoms with Crippen molar-refractivity contribution >= 4 is 11.0 Å². The van der Waals surface area contributed by atoms with Crippen LogP contribution in [0.4, 0.5) is 0 Å². The molecule has 1 aliphatic carbocycles. The average molecular weight is 215 g/mol. The molecule has 0 saturated heterocycles. The minimum Gasteiger partial charge on any atom is -0.461 e. The van der Waals surface area contributed by atoms with E-state index in [1.807, 2.05) is 18.2 Å². The summed E-state index contributed by atoms with van der Waals surface area (Å²) in [4.78, 5) is 0. The normalized spacial score (nSPS) is 16.5. The Morgan fingerprint density at radius 1 is 1.25 bits per heavy atom. The lowest BCUT2D eigenvalue weighted by atomic mass is 9.93. The van der Waals surface area contributed by atoms with Crippen molar-refractivity contribution in [3.05, 3.63) is 36.1 Å². The molecule has 0 spiro atoms. The molecule has 16 heavy (non-hydrogen) atoms. The van der Waals surface area contributed by atoms with Crippen LogP contribution in [0.1, 0.15) is 25.0 Å². The Morgan fingerprint density at radius 3 is 2.88 bits per heavy atom. The topological polar surface area (TPSA) is 25.2 Å². The van der Waals surface area contributed by atoms with E-state index in [1.54, 1.807) is 0 Å². The first kappa shape index (κ1) is 9.91. The van der Waals surface area contributed by atoms with E-state index in [4.69, 9.17) is 4.42 Å². The lowest BCUT2D eigenvalue weighted by Crippen LogP contribution is -2.36. The molecule has 84 valence electrons. The van der Waals surface area contributed by atoms with Crippen LogP contribution < -0.4 is 5.32 Å². The van der Waals surface area contributed by atoms with Crippen molar-refractivity contribution in [2.45, 2.75) is 31.7 Å². The molecule has 0 bridgehead atoms. The number of fused-ring (bicyclic) bond motifs is 1. The van der Waals surface area contributed by atoms with Crippen LogP contribution in [0.15, 0.2) is 34.7 Å². The van der Waals surface area contributed by atoms with E-state index in [0.29, 0.717) is 0 Å². The van der Waals surface area contributed by atoms with Crippen LogP contribution in [0, 0.1) is 0 Å². The summed E-state index contributed by atoms with van der Waals surface area (Å²) < 4.78 is 5.76. The second kappa shape index (κ2) is 4.30. The third-order valence-electron chi connectivity index (χ3n) is 3.39. The monoisotopic (exact) mass is 215 g/mol. The molecule has 2 nitrogen and oxygen atoms in total. The average Bonchev–Trinajstić information content (AvgIpc) is 2.64. The van der Waals surface area contributed by atoms with Crippen molar-refractivity contribution in [1.29, 1.82) is 0 Å². The zero-order chi connectivity index (χ0) is 10.8. The van der Waals surface area contributed by atoms with Gasteiger partial charge in [-0.1, -0.05) is 24.6 Å². The molecule has 0 atom stereocenters. The van der Waals surface area contributed by atoms with Gasteiger partial charge < -0.3 is 9.73 Å². The van der Waals surface area contributed by atoms with E-state index in [-0.39, 0.29) is 0 Å². The van der Waals surface area contributed by atoms with Crippen LogP contribution in [0.25, 0.3) is 11.0 Å². The van der Waals surface area contributed by atoms with E-state index in [2.05, 4.69) is 17.4 Å². The maximum absolute atomic E-state index is 5.76. The molecule has 1 fully saturated rings. The second-order valence-corrected chi connectivity index (χ2v) is 4.58. The third-order valence-corrected chi connectivity index (χ3v) is 3.39. The van der Waals surface area contributed by atoms with Gasteiger partial charge in [-0.25, -0.2) is 0 Å². The van der Waals surface area contributed by atoms with E-state index in [1.165, 1.54) is 24.6 Å². The predicted molar refractivity (Wildman–Crippen MR) is 65.6 cm³/mol. The van der Waals surface area contributed by atoms with Gasteiger partial charge in [-0.05, 0) is 25.0 Å². The van der Waals surface area contributed by atoms with Crippen molar-refractivity contribution in [1.82, 2.24) is 5.32 Å². The van der Waals surface area contributed by atoms with E-state index < -0.39 is 0 Å². The quantitative estimate of drug-likeness (QED) is 0.847. The number of para-hydroxylation sites is 1. The maximum atomic E-state index is 5.76. The number of nitrogens with one attached hydrogen (secondary N) is 1. The SMILES string of the molecule is c1ccc2oc(CCNC3CCC3)cc2c1. The molecule has 1 aliphatic rings. The summed E-state index contributed by atoms with van der Waals surface area (Å²) in [7, 11) is 0. The maximum Gasteiger partial charge on any atom is 0.134 e. The van der Waals surface area contributed by atoms with Crippen LogP contribution in [-0.4, -0.2) is 12.6 Å². The van der Waals surface area contributed by atoms with Gasteiger partial charge in [0.2, 0.25) is 0 Å². The lowest BCUT2D eigenvalue weighted by molar-refractivity contribution is 0.338. The summed E-state index contributed by atoms with van der Waals surface area (Å²) in [5.74, 6) is 1.09. The van der Waals surface area contributed by atoms with Gasteiger partial charge in [0.1, 0.15) is 11.3 Å². The highest BCUT2D eigenvalue weighted by Gasteiger charge is 2.15. The van der Waals surface area contributed by atoms with E-state index in [0.717, 1.165) is 30.4 Å². The number of hydrogen-bond acceptors (Lipinski definition) is 2. The summed E-state index contributed by atoms with van der Waals surface area (Å²) in [5.41, 5.74) is 1.00. The minimum absolute atomic E-state index is 0.768. The Hall–Kier alpha value is -1.28. The molecule has 1 saturated carbocycles. The first-order valence-corrected chi connectivity index (χ1v) is 6.13. The summed E-state index contributed by atoms with van der Waals surface area (Å²) in [6.45, 7) is 1.03. The van der Waals surface area contributed by atoms with Crippen molar-refractivity contribution in [3.63, 3.8) is 0 Å². The fourth-order valence-corrected chi connectivity index (χ4v) is 2.17. The standard InChI is InChI=1S/C14H17NO/c1-2-7-14-11(4-1)10-13(16-14)8-9-15-12-5-3-6-12/h1-2,4,7,10,12,15H,3,5-6,8-9H2. The van der Waals surface area contributed by atoms with Crippen LogP contribution in [0.5, 0.6) is 0 Å². The minimum atomic E-state index is 0.768. The van der Waals surface area contributed by atoms with Gasteiger partial charge in [-0.15, -0.1) is 0 Å². The molecule has 0 unspecified atom stereocenters. The Bertz CT molecular complexity index is 437. The first-order chi connectivity index (χ1) is 7.92. The fraction of sp³-hybridized carbons (Fsp3) is 0.429. The number of benzene rings is 1. The van der Waals surface area contributed by atoms with Crippen molar-refractivity contribution in [2.75, 3.05) is 6.54 Å². The third kappa shape index (κ3) is 1.98. The second-order valence-electron chi connectivity index (χ2n) is 4.58. The molecular formula is C14H17NO. The van der Waals surface area contributed by atoms with Gasteiger partial charge in [0.15, 0.2) is 0 Å². The molecule has 1 heterocycles.